The highest BCUT2D eigenvalue weighted by molar-refractivity contribution is 6.74. The lowest BCUT2D eigenvalue weighted by molar-refractivity contribution is -0.269. The molecule has 2 saturated heterocycles. The number of hydrogen-bond donors (Lipinski definition) is 1. The molecule has 0 aromatic rings. The highest BCUT2D eigenvalue weighted by Gasteiger charge is 2.78. The van der Waals surface area contributed by atoms with Gasteiger partial charge >= 0.3 is 0 Å². The first-order valence-electron chi connectivity index (χ1n) is 12.5. The van der Waals surface area contributed by atoms with Crippen molar-refractivity contribution in [3.8, 4) is 0 Å². The van der Waals surface area contributed by atoms with Crippen LogP contribution in [-0.2, 0) is 18.6 Å². The fourth-order valence-electron chi connectivity index (χ4n) is 8.28. The average molecular weight is 453 g/mol. The van der Waals surface area contributed by atoms with Gasteiger partial charge < -0.3 is 23.7 Å². The molecule has 0 aromatic heterocycles. The molecule has 2 heterocycles. The van der Waals surface area contributed by atoms with Crippen molar-refractivity contribution in [3.63, 3.8) is 0 Å². The first-order valence-corrected chi connectivity index (χ1v) is 15.4. The molecule has 5 fully saturated rings. The lowest BCUT2D eigenvalue weighted by atomic mass is 9.45. The maximum Gasteiger partial charge on any atom is 0.192 e. The van der Waals surface area contributed by atoms with E-state index in [9.17, 15) is 5.11 Å². The minimum atomic E-state index is -2.04. The van der Waals surface area contributed by atoms with Crippen molar-refractivity contribution in [3.05, 3.63) is 0 Å². The molecule has 6 heteroatoms. The summed E-state index contributed by atoms with van der Waals surface area (Å²) in [5.74, 6) is 1.71. The van der Waals surface area contributed by atoms with E-state index in [-0.39, 0.29) is 40.7 Å². The van der Waals surface area contributed by atoms with Gasteiger partial charge in [-0.15, -0.1) is 0 Å². The monoisotopic (exact) mass is 452 g/mol. The number of fused-ring (bicyclic) bond motifs is 5. The van der Waals surface area contributed by atoms with Crippen LogP contribution in [0.4, 0.5) is 0 Å². The fraction of sp³-hybridized carbons (Fsp3) is 1.00. The SMILES string of the molecule is CO[C@@H]1O[C@H]2C[C@]3(C)[C@H]4CC[C@]5(C)[C@@H](O)CC[C@H]5[C@@H]4C[C@@H](O[Si](C)(C)C(C)(C)C)[C@@]13O2. The molecule has 3 aliphatic carbocycles. The summed E-state index contributed by atoms with van der Waals surface area (Å²) in [7, 11) is -0.280. The van der Waals surface area contributed by atoms with Gasteiger partial charge in [0.1, 0.15) is 0 Å². The quantitative estimate of drug-likeness (QED) is 0.605. The minimum absolute atomic E-state index is 0.0264. The molecule has 0 amide bonds. The molecule has 3 saturated carbocycles. The van der Waals surface area contributed by atoms with E-state index in [0.717, 1.165) is 38.5 Å². The van der Waals surface area contributed by atoms with Crippen LogP contribution in [0, 0.1) is 28.6 Å². The number of hydrogen-bond acceptors (Lipinski definition) is 5. The van der Waals surface area contributed by atoms with Crippen molar-refractivity contribution in [1.82, 2.24) is 0 Å². The van der Waals surface area contributed by atoms with Crippen LogP contribution in [-0.4, -0.2) is 50.9 Å². The molecule has 2 bridgehead atoms. The van der Waals surface area contributed by atoms with Crippen LogP contribution in [0.5, 0.6) is 0 Å². The van der Waals surface area contributed by atoms with Gasteiger partial charge in [0.15, 0.2) is 26.5 Å². The summed E-state index contributed by atoms with van der Waals surface area (Å²) in [4.78, 5) is 0. The summed E-state index contributed by atoms with van der Waals surface area (Å²) >= 11 is 0. The zero-order valence-electron chi connectivity index (χ0n) is 20.9. The molecule has 0 unspecified atom stereocenters. The number of ether oxygens (including phenoxy) is 3. The molecular formula is C25H44O5Si. The van der Waals surface area contributed by atoms with Gasteiger partial charge in [-0.05, 0) is 73.4 Å². The van der Waals surface area contributed by atoms with E-state index in [2.05, 4.69) is 47.7 Å². The lowest BCUT2D eigenvalue weighted by Crippen LogP contribution is -2.71. The van der Waals surface area contributed by atoms with Crippen LogP contribution < -0.4 is 0 Å². The maximum atomic E-state index is 10.9. The third kappa shape index (κ3) is 2.78. The van der Waals surface area contributed by atoms with Gasteiger partial charge in [-0.2, -0.15) is 0 Å². The molecule has 5 nitrogen and oxygen atoms in total. The molecule has 5 rings (SSSR count). The minimum Gasteiger partial charge on any atom is -0.411 e. The Morgan fingerprint density at radius 3 is 2.42 bits per heavy atom. The predicted octanol–water partition coefficient (Wildman–Crippen LogP) is 5.08. The normalized spacial score (nSPS) is 53.9. The van der Waals surface area contributed by atoms with E-state index >= 15 is 0 Å². The van der Waals surface area contributed by atoms with Crippen LogP contribution in [0.15, 0.2) is 0 Å². The van der Waals surface area contributed by atoms with E-state index in [1.54, 1.807) is 7.11 Å². The molecular weight excluding hydrogens is 408 g/mol. The molecule has 0 aromatic carbocycles. The Labute approximate surface area is 189 Å². The summed E-state index contributed by atoms with van der Waals surface area (Å²) in [5, 5.41) is 11.0. The maximum absolute atomic E-state index is 10.9. The van der Waals surface area contributed by atoms with Crippen LogP contribution in [0.2, 0.25) is 18.1 Å². The van der Waals surface area contributed by atoms with Crippen molar-refractivity contribution in [2.24, 2.45) is 28.6 Å². The number of rotatable bonds is 3. The number of aliphatic hydroxyl groups excluding tert-OH is 1. The molecule has 10 atom stereocenters. The Morgan fingerprint density at radius 2 is 1.77 bits per heavy atom. The molecule has 178 valence electrons. The van der Waals surface area contributed by atoms with E-state index in [0.29, 0.717) is 17.8 Å². The molecule has 0 radical (unpaired) electrons. The van der Waals surface area contributed by atoms with Gasteiger partial charge in [0, 0.05) is 18.9 Å². The van der Waals surface area contributed by atoms with Crippen LogP contribution in [0.25, 0.3) is 0 Å². The first kappa shape index (κ1) is 22.8. The Bertz CT molecular complexity index is 736. The Kier molecular flexibility index (Phi) is 4.99. The molecule has 1 N–H and O–H groups in total. The molecule has 1 spiro atoms. The van der Waals surface area contributed by atoms with E-state index < -0.39 is 13.9 Å². The lowest BCUT2D eigenvalue weighted by Gasteiger charge is -2.64. The van der Waals surface area contributed by atoms with Crippen molar-refractivity contribution in [1.29, 1.82) is 0 Å². The highest BCUT2D eigenvalue weighted by Crippen LogP contribution is 2.71. The number of methoxy groups -OCH3 is 1. The Morgan fingerprint density at radius 1 is 1.06 bits per heavy atom. The second-order valence-electron chi connectivity index (χ2n) is 13.3. The summed E-state index contributed by atoms with van der Waals surface area (Å²) in [6.45, 7) is 16.4. The van der Waals surface area contributed by atoms with Gasteiger partial charge in [-0.1, -0.05) is 34.6 Å². The zero-order valence-corrected chi connectivity index (χ0v) is 21.9. The van der Waals surface area contributed by atoms with Gasteiger partial charge in [-0.3, -0.25) is 0 Å². The average Bonchev–Trinajstić information content (AvgIpc) is 3.28. The smallest absolute Gasteiger partial charge is 0.192 e. The number of aliphatic hydroxyl groups is 1. The highest BCUT2D eigenvalue weighted by atomic mass is 28.4. The fourth-order valence-corrected chi connectivity index (χ4v) is 9.61. The van der Waals surface area contributed by atoms with Crippen molar-refractivity contribution in [2.75, 3.05) is 7.11 Å². The molecule has 5 aliphatic rings. The van der Waals surface area contributed by atoms with Crippen molar-refractivity contribution >= 4 is 8.32 Å². The van der Waals surface area contributed by atoms with Gasteiger partial charge in [-0.25, -0.2) is 0 Å². The third-order valence-electron chi connectivity index (χ3n) is 11.1. The Balaban J connectivity index is 1.58. The van der Waals surface area contributed by atoms with E-state index in [4.69, 9.17) is 18.6 Å². The summed E-state index contributed by atoms with van der Waals surface area (Å²) in [6.07, 6.45) is 5.54. The topological polar surface area (TPSA) is 57.2 Å². The largest absolute Gasteiger partial charge is 0.411 e. The van der Waals surface area contributed by atoms with Gasteiger partial charge in [0.25, 0.3) is 0 Å². The molecule has 2 aliphatic heterocycles. The van der Waals surface area contributed by atoms with Crippen molar-refractivity contribution < 1.29 is 23.7 Å². The van der Waals surface area contributed by atoms with Gasteiger partial charge in [0.05, 0.1) is 12.2 Å². The van der Waals surface area contributed by atoms with Crippen LogP contribution >= 0.6 is 0 Å². The second-order valence-corrected chi connectivity index (χ2v) is 18.0. The van der Waals surface area contributed by atoms with Crippen LogP contribution in [0.3, 0.4) is 0 Å². The van der Waals surface area contributed by atoms with Crippen LogP contribution in [0.1, 0.15) is 73.1 Å². The summed E-state index contributed by atoms with van der Waals surface area (Å²) < 4.78 is 26.1. The van der Waals surface area contributed by atoms with Gasteiger partial charge in [0.2, 0.25) is 0 Å². The van der Waals surface area contributed by atoms with Crippen molar-refractivity contribution in [2.45, 2.75) is 122 Å². The molecule has 31 heavy (non-hydrogen) atoms. The predicted molar refractivity (Wildman–Crippen MR) is 122 cm³/mol. The van der Waals surface area contributed by atoms with E-state index in [1.165, 1.54) is 0 Å². The second kappa shape index (κ2) is 6.79. The third-order valence-corrected chi connectivity index (χ3v) is 15.5. The summed E-state index contributed by atoms with van der Waals surface area (Å²) in [6, 6.07) is 0. The Hall–Kier alpha value is 0.0169. The van der Waals surface area contributed by atoms with E-state index in [1.807, 2.05) is 0 Å². The zero-order chi connectivity index (χ0) is 22.6. The standard InChI is InChI=1S/C25H44O5Si/c1-22(2,3)31(7,8)30-19-13-15-16-9-10-18(26)23(16,4)12-11-17(15)24(5)14-20-28-21(27-6)25(19,24)29-20/h15-21,26H,9-14H2,1-8H3/t15-,16-,17-,18-,19+,20+,21+,23-,24+,25+/m0/s1. The first-order chi connectivity index (χ1) is 14.3. The summed E-state index contributed by atoms with van der Waals surface area (Å²) in [5.41, 5.74) is -0.505.